The fraction of sp³-hybridized carbons (Fsp3) is 0.467. The van der Waals surface area contributed by atoms with Crippen molar-refractivity contribution in [1.29, 1.82) is 0 Å². The molecule has 1 aliphatic carbocycles. The van der Waals surface area contributed by atoms with Gasteiger partial charge in [-0.1, -0.05) is 37.6 Å². The minimum atomic E-state index is -0.826. The summed E-state index contributed by atoms with van der Waals surface area (Å²) in [6, 6.07) is 4.59. The van der Waals surface area contributed by atoms with E-state index in [0.717, 1.165) is 12.3 Å². The molecule has 18 heavy (non-hydrogen) atoms. The third-order valence-electron chi connectivity index (χ3n) is 3.16. The van der Waals surface area contributed by atoms with E-state index in [-0.39, 0.29) is 0 Å². The van der Waals surface area contributed by atoms with Gasteiger partial charge in [0.15, 0.2) is 0 Å². The molecule has 0 unspecified atom stereocenters. The molecule has 98 valence electrons. The van der Waals surface area contributed by atoms with Crippen molar-refractivity contribution in [3.8, 4) is 0 Å². The first kappa shape index (κ1) is 16.5. The predicted octanol–water partition coefficient (Wildman–Crippen LogP) is 5.53. The van der Waals surface area contributed by atoms with Crippen LogP contribution in [0.25, 0.3) is 6.08 Å². The van der Waals surface area contributed by atoms with Gasteiger partial charge in [0.25, 0.3) is 0 Å². The minimum absolute atomic E-state index is 0.742. The molecule has 0 N–H and O–H groups in total. The third-order valence-corrected chi connectivity index (χ3v) is 3.16. The van der Waals surface area contributed by atoms with E-state index in [0.29, 0.717) is 0 Å². The summed E-state index contributed by atoms with van der Waals surface area (Å²) >= 11 is -0.826. The molecule has 0 amide bonds. The maximum absolute atomic E-state index is 4.93. The first-order valence-corrected chi connectivity index (χ1v) is 12.6. The van der Waals surface area contributed by atoms with E-state index in [1.165, 1.54) is 28.7 Å². The van der Waals surface area contributed by atoms with Crippen molar-refractivity contribution < 1.29 is 20.8 Å². The Bertz CT molecular complexity index is 436. The Morgan fingerprint density at radius 2 is 1.83 bits per heavy atom. The molecule has 3 heteroatoms. The first-order valence-electron chi connectivity index (χ1n) is 6.24. The second kappa shape index (κ2) is 7.88. The number of allylic oxidation sites excluding steroid dienone is 1. The molecular formula is C15H20Cl2Zr. The van der Waals surface area contributed by atoms with Crippen LogP contribution in [0.4, 0.5) is 0 Å². The molecule has 0 saturated carbocycles. The summed E-state index contributed by atoms with van der Waals surface area (Å²) < 4.78 is 0. The van der Waals surface area contributed by atoms with E-state index in [1.54, 1.807) is 5.56 Å². The molecule has 0 aromatic heterocycles. The Morgan fingerprint density at radius 3 is 2.39 bits per heavy atom. The molecule has 1 aliphatic rings. The van der Waals surface area contributed by atoms with Crippen molar-refractivity contribution in [3.05, 3.63) is 40.0 Å². The number of fused-ring (bicyclic) bond motifs is 1. The number of rotatable bonds is 2. The molecule has 0 nitrogen and oxygen atoms in total. The molecule has 0 radical (unpaired) electrons. The van der Waals surface area contributed by atoms with Gasteiger partial charge in [-0.25, -0.2) is 0 Å². The van der Waals surface area contributed by atoms with E-state index in [4.69, 9.17) is 17.0 Å². The average molecular weight is 362 g/mol. The van der Waals surface area contributed by atoms with E-state index < -0.39 is 20.8 Å². The van der Waals surface area contributed by atoms with Crippen LogP contribution in [0, 0.1) is 12.8 Å². The van der Waals surface area contributed by atoms with E-state index in [9.17, 15) is 0 Å². The van der Waals surface area contributed by atoms with E-state index in [1.807, 2.05) is 0 Å². The Hall–Kier alpha value is 0.423. The van der Waals surface area contributed by atoms with Crippen LogP contribution in [0.15, 0.2) is 17.7 Å². The number of halogens is 2. The van der Waals surface area contributed by atoms with Gasteiger partial charge in [-0.05, 0) is 54.9 Å². The van der Waals surface area contributed by atoms with Crippen molar-refractivity contribution in [1.82, 2.24) is 0 Å². The van der Waals surface area contributed by atoms with Crippen LogP contribution in [-0.4, -0.2) is 0 Å². The molecule has 0 atom stereocenters. The first-order chi connectivity index (χ1) is 8.49. The molecule has 0 fully saturated rings. The number of hydrogen-bond donors (Lipinski definition) is 0. The molecule has 0 saturated heterocycles. The van der Waals surface area contributed by atoms with Crippen molar-refractivity contribution >= 4 is 23.1 Å². The third kappa shape index (κ3) is 4.51. The number of aryl methyl sites for hydroxylation is 1. The normalized spacial score (nSPS) is 12.7. The van der Waals surface area contributed by atoms with Crippen LogP contribution in [0.2, 0.25) is 0 Å². The maximum atomic E-state index is 4.93. The molecule has 2 rings (SSSR count). The molecule has 0 bridgehead atoms. The molecule has 0 heterocycles. The summed E-state index contributed by atoms with van der Waals surface area (Å²) in [6.45, 7) is 9.04. The van der Waals surface area contributed by atoms with Gasteiger partial charge in [0.1, 0.15) is 0 Å². The zero-order valence-corrected chi connectivity index (χ0v) is 15.4. The van der Waals surface area contributed by atoms with Gasteiger partial charge in [-0.3, -0.25) is 0 Å². The zero-order chi connectivity index (χ0) is 13.7. The summed E-state index contributed by atoms with van der Waals surface area (Å²) in [5.41, 5.74) is 7.56. The second-order valence-electron chi connectivity index (χ2n) is 5.27. The van der Waals surface area contributed by atoms with E-state index >= 15 is 0 Å². The van der Waals surface area contributed by atoms with Crippen molar-refractivity contribution in [2.24, 2.45) is 5.92 Å². The van der Waals surface area contributed by atoms with Crippen LogP contribution in [-0.2, 0) is 33.7 Å². The standard InChI is InChI=1S/C15H20.2ClH.Zr/c1-10(2)7-13-6-5-12(4)14-8-11(3)9-15(13)14;;;/h5-6,9-10H,7-8H2,1-4H3;2*1H;/q;;;+2/p-2. The van der Waals surface area contributed by atoms with Crippen molar-refractivity contribution in [3.63, 3.8) is 0 Å². The molecule has 1 aromatic carbocycles. The predicted molar refractivity (Wildman–Crippen MR) is 78.8 cm³/mol. The summed E-state index contributed by atoms with van der Waals surface area (Å²) in [6.07, 6.45) is 4.74. The summed E-state index contributed by atoms with van der Waals surface area (Å²) in [5, 5.41) is 0. The van der Waals surface area contributed by atoms with Gasteiger partial charge >= 0.3 is 37.9 Å². The van der Waals surface area contributed by atoms with Gasteiger partial charge < -0.3 is 0 Å². The number of hydrogen-bond acceptors (Lipinski definition) is 0. The van der Waals surface area contributed by atoms with Gasteiger partial charge in [0.05, 0.1) is 0 Å². The molecule has 1 aromatic rings. The number of benzene rings is 1. The fourth-order valence-electron chi connectivity index (χ4n) is 2.43. The van der Waals surface area contributed by atoms with Crippen molar-refractivity contribution in [2.75, 3.05) is 0 Å². The topological polar surface area (TPSA) is 0 Å². The molecule has 0 aliphatic heterocycles. The van der Waals surface area contributed by atoms with Gasteiger partial charge in [-0.2, -0.15) is 0 Å². The van der Waals surface area contributed by atoms with Gasteiger partial charge in [-0.15, -0.1) is 0 Å². The Labute approximate surface area is 129 Å². The average Bonchev–Trinajstić information content (AvgIpc) is 2.66. The SMILES string of the molecule is CC1=Cc2c(CC(C)C)ccc(C)c2C1.[Cl][Zr][Cl]. The zero-order valence-electron chi connectivity index (χ0n) is 11.5. The molecule has 0 spiro atoms. The van der Waals surface area contributed by atoms with Gasteiger partial charge in [0, 0.05) is 0 Å². The van der Waals surface area contributed by atoms with Crippen LogP contribution in [0.1, 0.15) is 43.0 Å². The fourth-order valence-corrected chi connectivity index (χ4v) is 2.43. The van der Waals surface area contributed by atoms with Crippen LogP contribution >= 0.6 is 17.0 Å². The van der Waals surface area contributed by atoms with Crippen LogP contribution in [0.3, 0.4) is 0 Å². The van der Waals surface area contributed by atoms with Crippen LogP contribution < -0.4 is 0 Å². The van der Waals surface area contributed by atoms with Gasteiger partial charge in [0.2, 0.25) is 0 Å². The summed E-state index contributed by atoms with van der Waals surface area (Å²) in [4.78, 5) is 0. The molecular weight excluding hydrogens is 342 g/mol. The quantitative estimate of drug-likeness (QED) is 0.649. The Kier molecular flexibility index (Phi) is 7.21. The Balaban J connectivity index is 0.000000492. The van der Waals surface area contributed by atoms with Crippen LogP contribution in [0.5, 0.6) is 0 Å². The monoisotopic (exact) mass is 360 g/mol. The summed E-state index contributed by atoms with van der Waals surface area (Å²) in [5.74, 6) is 0.742. The summed E-state index contributed by atoms with van der Waals surface area (Å²) in [7, 11) is 9.87. The van der Waals surface area contributed by atoms with E-state index in [2.05, 4.69) is 45.9 Å². The van der Waals surface area contributed by atoms with Crippen molar-refractivity contribution in [2.45, 2.75) is 40.5 Å². The Morgan fingerprint density at radius 1 is 1.22 bits per heavy atom. The second-order valence-corrected chi connectivity index (χ2v) is 9.00.